The van der Waals surface area contributed by atoms with Crippen LogP contribution >= 0.6 is 0 Å². The van der Waals surface area contributed by atoms with Crippen LogP contribution in [0.4, 0.5) is 0 Å². The average molecular weight is 273 g/mol. The summed E-state index contributed by atoms with van der Waals surface area (Å²) in [6, 6.07) is 0. The van der Waals surface area contributed by atoms with Gasteiger partial charge in [-0.1, -0.05) is 95.1 Å². The van der Waals surface area contributed by atoms with Gasteiger partial charge in [-0.15, -0.1) is 19.7 Å². The van der Waals surface area contributed by atoms with E-state index in [1.807, 2.05) is 19.9 Å². The molecule has 0 aliphatic rings. The molecular weight excluding hydrogens is 228 g/mol. The van der Waals surface area contributed by atoms with Crippen LogP contribution in [0.25, 0.3) is 0 Å². The summed E-state index contributed by atoms with van der Waals surface area (Å²) in [6.45, 7) is 33.4. The predicted octanol–water partition coefficient (Wildman–Crippen LogP) is 7.91. The first-order valence-electron chi connectivity index (χ1n) is 7.78. The summed E-state index contributed by atoms with van der Waals surface area (Å²) in [5.41, 5.74) is 0.571. The molecule has 19 heavy (non-hydrogen) atoms. The van der Waals surface area contributed by atoms with E-state index in [2.05, 4.69) is 82.1 Å². The van der Waals surface area contributed by atoms with E-state index in [0.29, 0.717) is 5.41 Å². The molecule has 120 valence electrons. The monoisotopic (exact) mass is 272 g/mol. The van der Waals surface area contributed by atoms with Gasteiger partial charge in [-0.3, -0.25) is 0 Å². The van der Waals surface area contributed by atoms with Crippen LogP contribution in [-0.2, 0) is 0 Å². The summed E-state index contributed by atoms with van der Waals surface area (Å²) in [5, 5.41) is 0. The molecule has 0 radical (unpaired) electrons. The number of hydrogen-bond donors (Lipinski definition) is 0. The Morgan fingerprint density at radius 2 is 0.895 bits per heavy atom. The maximum absolute atomic E-state index is 3.80. The molecule has 0 heteroatoms. The topological polar surface area (TPSA) is 0 Å². The van der Waals surface area contributed by atoms with Crippen molar-refractivity contribution >= 4 is 0 Å². The zero-order valence-corrected chi connectivity index (χ0v) is 16.1. The number of hydrogen-bond acceptors (Lipinski definition) is 0. The Morgan fingerprint density at radius 3 is 0.895 bits per heavy atom. The average Bonchev–Trinajstić information content (AvgIpc) is 2.35. The summed E-state index contributed by atoms with van der Waals surface area (Å²) in [6.07, 6.45) is 4.52. The Morgan fingerprint density at radius 1 is 0.737 bits per heavy atom. The van der Waals surface area contributed by atoms with Crippen LogP contribution in [0.15, 0.2) is 25.8 Å². The first kappa shape index (κ1) is 31.1. The van der Waals surface area contributed by atoms with Crippen molar-refractivity contribution in [2.75, 3.05) is 0 Å². The quantitative estimate of drug-likeness (QED) is 0.425. The fourth-order valence-corrected chi connectivity index (χ4v) is 0.306. The van der Waals surface area contributed by atoms with Gasteiger partial charge in [-0.2, -0.15) is 0 Å². The third kappa shape index (κ3) is 31.8. The maximum atomic E-state index is 3.80. The minimum Gasteiger partial charge on any atom is -0.106 e. The highest BCUT2D eigenvalue weighted by atomic mass is 14.3. The fourth-order valence-electron chi connectivity index (χ4n) is 0.306. The van der Waals surface area contributed by atoms with Gasteiger partial charge in [0.25, 0.3) is 0 Å². The molecular formula is C19H44. The van der Waals surface area contributed by atoms with Gasteiger partial charge in [0, 0.05) is 0 Å². The molecule has 0 spiro atoms. The summed E-state index contributed by atoms with van der Waals surface area (Å²) in [7, 11) is 0. The van der Waals surface area contributed by atoms with E-state index in [1.165, 1.54) is 12.8 Å². The van der Waals surface area contributed by atoms with E-state index >= 15 is 0 Å². The van der Waals surface area contributed by atoms with E-state index in [0.717, 1.165) is 0 Å². The molecule has 0 bridgehead atoms. The summed E-state index contributed by atoms with van der Waals surface area (Å²) >= 11 is 0. The zero-order chi connectivity index (χ0) is 17.1. The molecule has 0 amide bonds. The normalized spacial score (nSPS) is 8.79. The number of rotatable bonds is 1. The molecule has 0 nitrogen and oxygen atoms in total. The molecule has 0 aromatic heterocycles. The van der Waals surface area contributed by atoms with Crippen LogP contribution in [0.1, 0.15) is 89.0 Å². The highest BCUT2D eigenvalue weighted by Gasteiger charge is 2.28. The second-order valence-electron chi connectivity index (χ2n) is 5.59. The SMILES string of the molecule is C=C.C=CC(C)(C)C(C)(C)C.CC.CCC.CCC. The predicted molar refractivity (Wildman–Crippen MR) is 98.0 cm³/mol. The van der Waals surface area contributed by atoms with Crippen LogP contribution in [0, 0.1) is 10.8 Å². The molecule has 0 saturated carbocycles. The Bertz CT molecular complexity index is 133. The van der Waals surface area contributed by atoms with E-state index in [9.17, 15) is 0 Å². The minimum atomic E-state index is 0.243. The van der Waals surface area contributed by atoms with E-state index < -0.39 is 0 Å². The number of allylic oxidation sites excluding steroid dienone is 1. The van der Waals surface area contributed by atoms with Crippen molar-refractivity contribution in [3.05, 3.63) is 25.8 Å². The van der Waals surface area contributed by atoms with Crippen LogP contribution < -0.4 is 0 Å². The van der Waals surface area contributed by atoms with Crippen molar-refractivity contribution < 1.29 is 0 Å². The molecule has 0 aliphatic heterocycles. The van der Waals surface area contributed by atoms with Crippen LogP contribution in [0.3, 0.4) is 0 Å². The van der Waals surface area contributed by atoms with E-state index in [1.54, 1.807) is 0 Å². The smallest absolute Gasteiger partial charge is 0.0129 e. The van der Waals surface area contributed by atoms with E-state index in [-0.39, 0.29) is 5.41 Å². The lowest BCUT2D eigenvalue weighted by molar-refractivity contribution is 0.193. The van der Waals surface area contributed by atoms with Crippen molar-refractivity contribution in [1.82, 2.24) is 0 Å². The van der Waals surface area contributed by atoms with Gasteiger partial charge >= 0.3 is 0 Å². The first-order chi connectivity index (χ1) is 8.64. The lowest BCUT2D eigenvalue weighted by Crippen LogP contribution is -2.26. The molecule has 0 aromatic rings. The Kier molecular flexibility index (Phi) is 37.0. The first-order valence-corrected chi connectivity index (χ1v) is 7.78. The van der Waals surface area contributed by atoms with Gasteiger partial charge in [0.1, 0.15) is 0 Å². The molecule has 0 N–H and O–H groups in total. The zero-order valence-electron chi connectivity index (χ0n) is 16.1. The third-order valence-electron chi connectivity index (χ3n) is 2.44. The van der Waals surface area contributed by atoms with Gasteiger partial charge in [-0.05, 0) is 10.8 Å². The van der Waals surface area contributed by atoms with Gasteiger partial charge in [0.15, 0.2) is 0 Å². The molecule has 0 saturated heterocycles. The molecule has 0 aliphatic carbocycles. The molecule has 0 unspecified atom stereocenters. The van der Waals surface area contributed by atoms with Crippen molar-refractivity contribution in [3.63, 3.8) is 0 Å². The second kappa shape index (κ2) is 22.6. The molecule has 0 heterocycles. The molecule has 0 fully saturated rings. The summed E-state index contributed by atoms with van der Waals surface area (Å²) in [4.78, 5) is 0. The molecule has 0 aromatic carbocycles. The Balaban J connectivity index is -0.0000000545. The lowest BCUT2D eigenvalue weighted by atomic mass is 9.70. The standard InChI is InChI=1S/C9H18.2C3H8.C2H6.C2H4/c1-7-9(5,6)8(2,3)4;2*1-3-2;2*1-2/h7H,1H2,2-6H3;2*3H2,1-2H3;1-2H3;1-2H2. The molecule has 0 rings (SSSR count). The van der Waals surface area contributed by atoms with Crippen molar-refractivity contribution in [1.29, 1.82) is 0 Å². The molecule has 0 atom stereocenters. The van der Waals surface area contributed by atoms with Crippen molar-refractivity contribution in [2.24, 2.45) is 10.8 Å². The largest absolute Gasteiger partial charge is 0.106 e. The summed E-state index contributed by atoms with van der Waals surface area (Å²) < 4.78 is 0. The highest BCUT2D eigenvalue weighted by molar-refractivity contribution is 4.95. The van der Waals surface area contributed by atoms with Crippen LogP contribution in [0.5, 0.6) is 0 Å². The lowest BCUT2D eigenvalue weighted by Gasteiger charge is -2.35. The van der Waals surface area contributed by atoms with Gasteiger partial charge in [0.05, 0.1) is 0 Å². The maximum Gasteiger partial charge on any atom is -0.0129 e. The van der Waals surface area contributed by atoms with Crippen LogP contribution in [0.2, 0.25) is 0 Å². The third-order valence-corrected chi connectivity index (χ3v) is 2.44. The summed E-state index contributed by atoms with van der Waals surface area (Å²) in [5.74, 6) is 0. The van der Waals surface area contributed by atoms with Gasteiger partial charge in [-0.25, -0.2) is 0 Å². The minimum absolute atomic E-state index is 0.243. The van der Waals surface area contributed by atoms with Crippen molar-refractivity contribution in [2.45, 2.75) is 89.0 Å². The van der Waals surface area contributed by atoms with Crippen LogP contribution in [-0.4, -0.2) is 0 Å². The van der Waals surface area contributed by atoms with Gasteiger partial charge < -0.3 is 0 Å². The highest BCUT2D eigenvalue weighted by Crippen LogP contribution is 2.38. The van der Waals surface area contributed by atoms with Crippen molar-refractivity contribution in [3.8, 4) is 0 Å². The Hall–Kier alpha value is -0.520. The Labute approximate surface area is 126 Å². The second-order valence-corrected chi connectivity index (χ2v) is 5.59. The van der Waals surface area contributed by atoms with E-state index in [4.69, 9.17) is 0 Å². The van der Waals surface area contributed by atoms with Gasteiger partial charge in [0.2, 0.25) is 0 Å². The fraction of sp³-hybridized carbons (Fsp3) is 0.789.